The lowest BCUT2D eigenvalue weighted by atomic mass is 9.78. The number of halogens is 1. The van der Waals surface area contributed by atoms with Crippen LogP contribution >= 0.6 is 11.6 Å². The third kappa shape index (κ3) is 2.50. The maximum Gasteiger partial charge on any atom is 0.324 e. The molecule has 1 aliphatic carbocycles. The standard InChI is InChI=1S/C12H11ClN2O4S/c13-10-6-9(3-2-8(10)7-14)20(18,19)15-12(11(16)17)4-1-5-12/h2-3,6,15H,1,4-5H2,(H,16,17). The van der Waals surface area contributed by atoms with E-state index in [1.54, 1.807) is 0 Å². The van der Waals surface area contributed by atoms with E-state index in [9.17, 15) is 13.2 Å². The van der Waals surface area contributed by atoms with E-state index in [-0.39, 0.29) is 28.3 Å². The number of carboxylic acids is 1. The molecule has 0 spiro atoms. The van der Waals surface area contributed by atoms with Gasteiger partial charge in [-0.2, -0.15) is 9.98 Å². The first-order valence-corrected chi connectivity index (χ1v) is 7.64. The summed E-state index contributed by atoms with van der Waals surface area (Å²) in [6.45, 7) is 0. The van der Waals surface area contributed by atoms with Gasteiger partial charge in [-0.3, -0.25) is 4.79 Å². The van der Waals surface area contributed by atoms with Crippen LogP contribution in [0.4, 0.5) is 0 Å². The Kier molecular flexibility index (Phi) is 3.73. The highest BCUT2D eigenvalue weighted by Crippen LogP contribution is 2.34. The molecule has 20 heavy (non-hydrogen) atoms. The monoisotopic (exact) mass is 314 g/mol. The van der Waals surface area contributed by atoms with Crippen LogP contribution in [0.3, 0.4) is 0 Å². The lowest BCUT2D eigenvalue weighted by molar-refractivity contribution is -0.147. The zero-order chi connectivity index (χ0) is 15.0. The second-order valence-corrected chi connectivity index (χ2v) is 6.69. The SMILES string of the molecule is N#Cc1ccc(S(=O)(=O)NC2(C(=O)O)CCC2)cc1Cl. The molecule has 1 fully saturated rings. The summed E-state index contributed by atoms with van der Waals surface area (Å²) in [6.07, 6.45) is 1.17. The van der Waals surface area contributed by atoms with Crippen molar-refractivity contribution in [3.63, 3.8) is 0 Å². The van der Waals surface area contributed by atoms with E-state index in [4.69, 9.17) is 22.0 Å². The van der Waals surface area contributed by atoms with Crippen molar-refractivity contribution in [3.05, 3.63) is 28.8 Å². The molecule has 2 N–H and O–H groups in total. The summed E-state index contributed by atoms with van der Waals surface area (Å²) < 4.78 is 26.6. The molecule has 1 aromatic rings. The van der Waals surface area contributed by atoms with E-state index in [1.165, 1.54) is 12.1 Å². The van der Waals surface area contributed by atoms with Crippen LogP contribution < -0.4 is 4.72 Å². The van der Waals surface area contributed by atoms with Gasteiger partial charge in [0.05, 0.1) is 15.5 Å². The number of nitrogens with one attached hydrogen (secondary N) is 1. The van der Waals surface area contributed by atoms with E-state index in [0.29, 0.717) is 6.42 Å². The maximum absolute atomic E-state index is 12.2. The number of benzene rings is 1. The number of hydrogen-bond donors (Lipinski definition) is 2. The molecule has 0 bridgehead atoms. The van der Waals surface area contributed by atoms with E-state index in [1.807, 2.05) is 6.07 Å². The van der Waals surface area contributed by atoms with Gasteiger partial charge in [0.1, 0.15) is 11.6 Å². The molecule has 8 heteroatoms. The summed E-state index contributed by atoms with van der Waals surface area (Å²) >= 11 is 5.79. The number of hydrogen-bond acceptors (Lipinski definition) is 4. The smallest absolute Gasteiger partial charge is 0.324 e. The summed E-state index contributed by atoms with van der Waals surface area (Å²) in [5.74, 6) is -1.19. The van der Waals surface area contributed by atoms with Gasteiger partial charge in [0, 0.05) is 0 Å². The van der Waals surface area contributed by atoms with Crippen molar-refractivity contribution in [1.82, 2.24) is 4.72 Å². The van der Waals surface area contributed by atoms with Crippen molar-refractivity contribution < 1.29 is 18.3 Å². The molecule has 0 aliphatic heterocycles. The van der Waals surface area contributed by atoms with Crippen molar-refractivity contribution >= 4 is 27.6 Å². The molecule has 0 aromatic heterocycles. The Labute approximate surface area is 121 Å². The maximum atomic E-state index is 12.2. The minimum atomic E-state index is -4.00. The van der Waals surface area contributed by atoms with Gasteiger partial charge in [-0.25, -0.2) is 8.42 Å². The molecule has 0 saturated heterocycles. The second kappa shape index (κ2) is 5.05. The molecule has 106 valence electrons. The number of aliphatic carboxylic acids is 1. The van der Waals surface area contributed by atoms with Crippen molar-refractivity contribution in [2.24, 2.45) is 0 Å². The zero-order valence-electron chi connectivity index (χ0n) is 10.3. The lowest BCUT2D eigenvalue weighted by Crippen LogP contribution is -2.58. The predicted molar refractivity (Wildman–Crippen MR) is 70.7 cm³/mol. The van der Waals surface area contributed by atoms with Crippen LogP contribution in [0.1, 0.15) is 24.8 Å². The van der Waals surface area contributed by atoms with Crippen molar-refractivity contribution in [1.29, 1.82) is 5.26 Å². The molecule has 2 rings (SSSR count). The summed E-state index contributed by atoms with van der Waals surface area (Å²) in [4.78, 5) is 11.0. The normalized spacial score (nSPS) is 17.0. The van der Waals surface area contributed by atoms with Gasteiger partial charge < -0.3 is 5.11 Å². The van der Waals surface area contributed by atoms with Crippen LogP contribution in [0.2, 0.25) is 5.02 Å². The van der Waals surface area contributed by atoms with E-state index in [2.05, 4.69) is 4.72 Å². The molecular weight excluding hydrogens is 304 g/mol. The number of carbonyl (C=O) groups is 1. The Hall–Kier alpha value is -1.62. The first-order chi connectivity index (χ1) is 9.31. The van der Waals surface area contributed by atoms with Crippen LogP contribution in [0.15, 0.2) is 23.1 Å². The van der Waals surface area contributed by atoms with Gasteiger partial charge in [-0.1, -0.05) is 11.6 Å². The van der Waals surface area contributed by atoms with Crippen molar-refractivity contribution in [3.8, 4) is 6.07 Å². The molecule has 0 radical (unpaired) electrons. The van der Waals surface area contributed by atoms with Crippen molar-refractivity contribution in [2.75, 3.05) is 0 Å². The highest BCUT2D eigenvalue weighted by molar-refractivity contribution is 7.89. The zero-order valence-corrected chi connectivity index (χ0v) is 11.8. The summed E-state index contributed by atoms with van der Waals surface area (Å²) in [7, 11) is -4.00. The highest BCUT2D eigenvalue weighted by Gasteiger charge is 2.47. The number of nitrogens with zero attached hydrogens (tertiary/aromatic N) is 1. The Balaban J connectivity index is 2.34. The van der Waals surface area contributed by atoms with Gasteiger partial charge in [-0.05, 0) is 37.5 Å². The van der Waals surface area contributed by atoms with Gasteiger partial charge >= 0.3 is 5.97 Å². The topological polar surface area (TPSA) is 107 Å². The molecule has 1 aliphatic rings. The largest absolute Gasteiger partial charge is 0.480 e. The van der Waals surface area contributed by atoms with Crippen LogP contribution in [-0.2, 0) is 14.8 Å². The van der Waals surface area contributed by atoms with Gasteiger partial charge in [0.2, 0.25) is 10.0 Å². The molecule has 1 aromatic carbocycles. The number of sulfonamides is 1. The summed E-state index contributed by atoms with van der Waals surface area (Å²) in [5, 5.41) is 17.9. The van der Waals surface area contributed by atoms with Crippen LogP contribution in [0.25, 0.3) is 0 Å². The predicted octanol–water partition coefficient (Wildman–Crippen LogP) is 1.50. The highest BCUT2D eigenvalue weighted by atomic mass is 35.5. The summed E-state index contributed by atoms with van der Waals surface area (Å²) in [5.41, 5.74) is -1.28. The molecule has 0 unspecified atom stereocenters. The van der Waals surface area contributed by atoms with Gasteiger partial charge in [0.15, 0.2) is 0 Å². The van der Waals surface area contributed by atoms with Crippen LogP contribution in [0, 0.1) is 11.3 Å². The fourth-order valence-corrected chi connectivity index (χ4v) is 3.69. The van der Waals surface area contributed by atoms with Gasteiger partial charge in [0.25, 0.3) is 0 Å². The fourth-order valence-electron chi connectivity index (χ4n) is 1.96. The Morgan fingerprint density at radius 3 is 2.50 bits per heavy atom. The lowest BCUT2D eigenvalue weighted by Gasteiger charge is -2.37. The van der Waals surface area contributed by atoms with Crippen LogP contribution in [0.5, 0.6) is 0 Å². The third-order valence-electron chi connectivity index (χ3n) is 3.32. The quantitative estimate of drug-likeness (QED) is 0.875. The molecule has 0 heterocycles. The number of carboxylic acid groups (broad SMARTS) is 1. The van der Waals surface area contributed by atoms with E-state index in [0.717, 1.165) is 6.07 Å². The minimum Gasteiger partial charge on any atom is -0.480 e. The van der Waals surface area contributed by atoms with Crippen molar-refractivity contribution in [2.45, 2.75) is 29.7 Å². The Morgan fingerprint density at radius 1 is 1.45 bits per heavy atom. The molecule has 1 saturated carbocycles. The Bertz CT molecular complexity index is 705. The average molecular weight is 315 g/mol. The first kappa shape index (κ1) is 14.8. The minimum absolute atomic E-state index is 0.00774. The average Bonchev–Trinajstić information content (AvgIpc) is 2.33. The third-order valence-corrected chi connectivity index (χ3v) is 5.16. The van der Waals surface area contributed by atoms with Gasteiger partial charge in [-0.15, -0.1) is 0 Å². The molecule has 0 amide bonds. The number of nitriles is 1. The van der Waals surface area contributed by atoms with Crippen LogP contribution in [-0.4, -0.2) is 25.0 Å². The fraction of sp³-hybridized carbons (Fsp3) is 0.333. The number of rotatable bonds is 4. The van der Waals surface area contributed by atoms with E-state index >= 15 is 0 Å². The molecule has 6 nitrogen and oxygen atoms in total. The second-order valence-electron chi connectivity index (χ2n) is 4.60. The molecular formula is C12H11ClN2O4S. The van der Waals surface area contributed by atoms with E-state index < -0.39 is 21.5 Å². The molecule has 0 atom stereocenters. The summed E-state index contributed by atoms with van der Waals surface area (Å²) in [6, 6.07) is 5.46. The first-order valence-electron chi connectivity index (χ1n) is 5.78. The Morgan fingerprint density at radius 2 is 2.10 bits per heavy atom.